The van der Waals surface area contributed by atoms with Crippen molar-refractivity contribution >= 4 is 5.91 Å². The lowest BCUT2D eigenvalue weighted by Gasteiger charge is -2.30. The highest BCUT2D eigenvalue weighted by Gasteiger charge is 2.30. The Morgan fingerprint density at radius 2 is 2.15 bits per heavy atom. The number of para-hydroxylation sites is 1. The number of rotatable bonds is 6. The van der Waals surface area contributed by atoms with Crippen LogP contribution in [0.5, 0.6) is 5.75 Å². The number of carbonyl (C=O) groups excluding carboxylic acids is 1. The van der Waals surface area contributed by atoms with E-state index in [9.17, 15) is 4.79 Å². The van der Waals surface area contributed by atoms with E-state index in [1.807, 2.05) is 44.4 Å². The van der Waals surface area contributed by atoms with Crippen LogP contribution < -0.4 is 4.74 Å². The molecule has 0 unspecified atom stereocenters. The minimum absolute atomic E-state index is 0.0343. The molecule has 0 spiro atoms. The molecule has 1 aliphatic rings. The van der Waals surface area contributed by atoms with Crippen molar-refractivity contribution in [3.05, 3.63) is 71.4 Å². The van der Waals surface area contributed by atoms with E-state index < -0.39 is 0 Å². The summed E-state index contributed by atoms with van der Waals surface area (Å²) in [5, 5.41) is 8.42. The molecular formula is C25H27N5O4. The molecular weight excluding hydrogens is 434 g/mol. The van der Waals surface area contributed by atoms with Gasteiger partial charge in [-0.3, -0.25) is 9.48 Å². The van der Waals surface area contributed by atoms with Crippen LogP contribution in [0.25, 0.3) is 11.3 Å². The van der Waals surface area contributed by atoms with Crippen molar-refractivity contribution in [1.82, 2.24) is 24.8 Å². The van der Waals surface area contributed by atoms with E-state index >= 15 is 0 Å². The lowest BCUT2D eigenvalue weighted by Crippen LogP contribution is -2.39. The summed E-state index contributed by atoms with van der Waals surface area (Å²) < 4.78 is 18.6. The van der Waals surface area contributed by atoms with Gasteiger partial charge in [0.2, 0.25) is 5.76 Å². The van der Waals surface area contributed by atoms with E-state index in [0.29, 0.717) is 31.1 Å². The first-order valence-corrected chi connectivity index (χ1v) is 11.3. The largest absolute Gasteiger partial charge is 0.496 e. The topological polar surface area (TPSA) is 99.4 Å². The molecule has 1 amide bonds. The molecule has 0 N–H and O–H groups in total. The minimum atomic E-state index is -0.175. The molecule has 1 atom stereocenters. The highest BCUT2D eigenvalue weighted by Crippen LogP contribution is 2.30. The van der Waals surface area contributed by atoms with E-state index in [1.165, 1.54) is 0 Å². The number of methoxy groups -OCH3 is 1. The Balaban J connectivity index is 1.27. The Morgan fingerprint density at radius 3 is 2.94 bits per heavy atom. The molecule has 0 radical (unpaired) electrons. The van der Waals surface area contributed by atoms with Gasteiger partial charge in [-0.25, -0.2) is 4.98 Å². The smallest absolute Gasteiger partial charge is 0.292 e. The molecule has 1 fully saturated rings. The van der Waals surface area contributed by atoms with E-state index in [4.69, 9.17) is 13.7 Å². The number of likely N-dealkylation sites (tertiary alicyclic amines) is 1. The predicted molar refractivity (Wildman–Crippen MR) is 124 cm³/mol. The first-order valence-electron chi connectivity index (χ1n) is 11.3. The van der Waals surface area contributed by atoms with Crippen LogP contribution in [0.4, 0.5) is 0 Å². The summed E-state index contributed by atoms with van der Waals surface area (Å²) in [6.45, 7) is 3.08. The Bertz CT molecular complexity index is 1300. The van der Waals surface area contributed by atoms with Gasteiger partial charge >= 0.3 is 0 Å². The summed E-state index contributed by atoms with van der Waals surface area (Å²) in [5.41, 5.74) is 3.33. The standard InChI is InChI=1S/C25H27N5O4/c1-16-20(15-29(2)27-16)21-12-23(34-28-21)25(31)30-10-6-8-18(14-30)24-26-13-19(33-24)11-17-7-4-5-9-22(17)32-3/h4-5,7,9,12-13,15,18H,6,8,10-11,14H2,1-3H3/t18-/m1/s1. The van der Waals surface area contributed by atoms with Crippen molar-refractivity contribution in [1.29, 1.82) is 0 Å². The van der Waals surface area contributed by atoms with Crippen molar-refractivity contribution in [3.8, 4) is 17.0 Å². The summed E-state index contributed by atoms with van der Waals surface area (Å²) in [6, 6.07) is 9.55. The number of amides is 1. The van der Waals surface area contributed by atoms with Crippen LogP contribution >= 0.6 is 0 Å². The normalized spacial score (nSPS) is 16.1. The summed E-state index contributed by atoms with van der Waals surface area (Å²) in [7, 11) is 3.51. The zero-order valence-corrected chi connectivity index (χ0v) is 19.5. The second-order valence-electron chi connectivity index (χ2n) is 8.62. The van der Waals surface area contributed by atoms with Gasteiger partial charge in [0.1, 0.15) is 17.2 Å². The Labute approximate surface area is 197 Å². The number of hydrogen-bond acceptors (Lipinski definition) is 7. The number of hydrogen-bond donors (Lipinski definition) is 0. The second-order valence-corrected chi connectivity index (χ2v) is 8.62. The molecule has 176 valence electrons. The lowest BCUT2D eigenvalue weighted by atomic mass is 9.98. The second kappa shape index (κ2) is 9.17. The molecule has 34 heavy (non-hydrogen) atoms. The summed E-state index contributed by atoms with van der Waals surface area (Å²) >= 11 is 0. The van der Waals surface area contributed by atoms with E-state index in [1.54, 1.807) is 29.0 Å². The van der Waals surface area contributed by atoms with Crippen LogP contribution in [0.3, 0.4) is 0 Å². The molecule has 1 saturated heterocycles. The predicted octanol–water partition coefficient (Wildman–Crippen LogP) is 3.99. The number of carbonyl (C=O) groups is 1. The Hall–Kier alpha value is -3.88. The molecule has 9 heteroatoms. The van der Waals surface area contributed by atoms with E-state index in [-0.39, 0.29) is 17.6 Å². The van der Waals surface area contributed by atoms with E-state index in [0.717, 1.165) is 41.2 Å². The summed E-state index contributed by atoms with van der Waals surface area (Å²) in [6.07, 6.45) is 6.00. The SMILES string of the molecule is COc1ccccc1Cc1cnc([C@@H]2CCCN(C(=O)c3cc(-c4cn(C)nc4C)no3)C2)o1. The molecule has 0 bridgehead atoms. The maximum Gasteiger partial charge on any atom is 0.292 e. The van der Waals surface area contributed by atoms with Crippen LogP contribution in [-0.2, 0) is 13.5 Å². The third-order valence-electron chi connectivity index (χ3n) is 6.20. The molecule has 3 aromatic heterocycles. The molecule has 0 aliphatic carbocycles. The third kappa shape index (κ3) is 4.33. The van der Waals surface area contributed by atoms with E-state index in [2.05, 4.69) is 15.2 Å². The first kappa shape index (κ1) is 21.9. The third-order valence-corrected chi connectivity index (χ3v) is 6.20. The molecule has 5 rings (SSSR count). The zero-order valence-electron chi connectivity index (χ0n) is 19.5. The lowest BCUT2D eigenvalue weighted by molar-refractivity contribution is 0.0656. The molecule has 9 nitrogen and oxygen atoms in total. The number of piperidine rings is 1. The highest BCUT2D eigenvalue weighted by atomic mass is 16.5. The number of aromatic nitrogens is 4. The molecule has 1 aromatic carbocycles. The van der Waals surface area contributed by atoms with Crippen molar-refractivity contribution in [2.75, 3.05) is 20.2 Å². The molecule has 1 aliphatic heterocycles. The van der Waals surface area contributed by atoms with Crippen LogP contribution in [0, 0.1) is 6.92 Å². The number of oxazole rings is 1. The van der Waals surface area contributed by atoms with Gasteiger partial charge in [-0.2, -0.15) is 5.10 Å². The fourth-order valence-corrected chi connectivity index (χ4v) is 4.50. The van der Waals surface area contributed by atoms with Crippen LogP contribution in [-0.4, -0.2) is 50.9 Å². The quantitative estimate of drug-likeness (QED) is 0.428. The monoisotopic (exact) mass is 461 g/mol. The number of ether oxygens (including phenoxy) is 1. The van der Waals surface area contributed by atoms with Crippen LogP contribution in [0.1, 0.15) is 52.2 Å². The van der Waals surface area contributed by atoms with Crippen molar-refractivity contribution in [2.45, 2.75) is 32.1 Å². The minimum Gasteiger partial charge on any atom is -0.496 e. The van der Waals surface area contributed by atoms with Crippen molar-refractivity contribution in [3.63, 3.8) is 0 Å². The maximum absolute atomic E-state index is 13.1. The van der Waals surface area contributed by atoms with Crippen LogP contribution in [0.15, 0.2) is 51.7 Å². The Kier molecular flexibility index (Phi) is 5.91. The number of aryl methyl sites for hydroxylation is 2. The van der Waals surface area contributed by atoms with Crippen molar-refractivity contribution < 1.29 is 18.5 Å². The van der Waals surface area contributed by atoms with Gasteiger partial charge in [0, 0.05) is 49.9 Å². The van der Waals surface area contributed by atoms with Gasteiger partial charge in [0.15, 0.2) is 5.89 Å². The van der Waals surface area contributed by atoms with Crippen molar-refractivity contribution in [2.24, 2.45) is 7.05 Å². The fourth-order valence-electron chi connectivity index (χ4n) is 4.50. The van der Waals surface area contributed by atoms with Gasteiger partial charge in [0.05, 0.1) is 24.9 Å². The summed E-state index contributed by atoms with van der Waals surface area (Å²) in [5.74, 6) is 2.34. The van der Waals surface area contributed by atoms with Gasteiger partial charge in [-0.05, 0) is 25.8 Å². The van der Waals surface area contributed by atoms with Gasteiger partial charge < -0.3 is 18.6 Å². The fraction of sp³-hybridized carbons (Fsp3) is 0.360. The Morgan fingerprint density at radius 1 is 1.29 bits per heavy atom. The average molecular weight is 462 g/mol. The molecule has 4 heterocycles. The highest BCUT2D eigenvalue weighted by molar-refractivity contribution is 5.92. The molecule has 4 aromatic rings. The van der Waals surface area contributed by atoms with Gasteiger partial charge in [-0.15, -0.1) is 0 Å². The zero-order chi connectivity index (χ0) is 23.7. The van der Waals surface area contributed by atoms with Gasteiger partial charge in [0.25, 0.3) is 5.91 Å². The average Bonchev–Trinajstić information content (AvgIpc) is 3.59. The number of nitrogens with zero attached hydrogens (tertiary/aromatic N) is 5. The van der Waals surface area contributed by atoms with Gasteiger partial charge in [-0.1, -0.05) is 23.4 Å². The molecule has 0 saturated carbocycles. The number of benzene rings is 1. The first-order chi connectivity index (χ1) is 16.5. The van der Waals surface area contributed by atoms with Crippen LogP contribution in [0.2, 0.25) is 0 Å². The maximum atomic E-state index is 13.1. The summed E-state index contributed by atoms with van der Waals surface area (Å²) in [4.78, 5) is 19.4.